The third-order valence-electron chi connectivity index (χ3n) is 1.97. The second-order valence-electron chi connectivity index (χ2n) is 4.19. The predicted octanol–water partition coefficient (Wildman–Crippen LogP) is 3.37. The lowest BCUT2D eigenvalue weighted by Crippen LogP contribution is -2.15. The Labute approximate surface area is 83.6 Å². The molecule has 0 fully saturated rings. The maximum Gasteiger partial charge on any atom is -0.00142 e. The maximum absolute atomic E-state index is 3.40. The van der Waals surface area contributed by atoms with E-state index in [1.165, 1.54) is 24.8 Å². The molecule has 0 aromatic rings. The van der Waals surface area contributed by atoms with Crippen LogP contribution in [-0.2, 0) is 0 Å². The number of nitrogens with one attached hydrogen (secondary N) is 1. The summed E-state index contributed by atoms with van der Waals surface area (Å²) in [6.45, 7) is 11.3. The summed E-state index contributed by atoms with van der Waals surface area (Å²) in [5.74, 6) is 0.792. The minimum absolute atomic E-state index is 0.792. The zero-order valence-electron chi connectivity index (χ0n) is 9.69. The lowest BCUT2D eigenvalue weighted by atomic mass is 10.0. The Morgan fingerprint density at radius 3 is 2.54 bits per heavy atom. The van der Waals surface area contributed by atoms with Crippen molar-refractivity contribution in [1.29, 1.82) is 0 Å². The number of rotatable bonds is 7. The van der Waals surface area contributed by atoms with Crippen LogP contribution in [0, 0.1) is 5.92 Å². The standard InChI is InChI=1S/C12H25N/c1-5-8-13-9-6-7-12(4)10-11(2)3/h7,11,13H,5-6,8-10H2,1-4H3. The first-order chi connectivity index (χ1) is 6.16. The Bertz CT molecular complexity index is 136. The van der Waals surface area contributed by atoms with Gasteiger partial charge in [0.15, 0.2) is 0 Å². The van der Waals surface area contributed by atoms with Crippen LogP contribution in [0.25, 0.3) is 0 Å². The normalized spacial score (nSPS) is 12.5. The second kappa shape index (κ2) is 8.31. The van der Waals surface area contributed by atoms with Gasteiger partial charge in [-0.05, 0) is 45.2 Å². The highest BCUT2D eigenvalue weighted by Crippen LogP contribution is 2.09. The Kier molecular flexibility index (Phi) is 8.11. The molecule has 0 heterocycles. The fourth-order valence-corrected chi connectivity index (χ4v) is 1.45. The second-order valence-corrected chi connectivity index (χ2v) is 4.19. The third-order valence-corrected chi connectivity index (χ3v) is 1.97. The smallest absolute Gasteiger partial charge is 0.00142 e. The molecule has 0 aromatic carbocycles. The molecule has 0 aliphatic carbocycles. The average Bonchev–Trinajstić information content (AvgIpc) is 2.02. The van der Waals surface area contributed by atoms with Crippen LogP contribution in [0.2, 0.25) is 0 Å². The van der Waals surface area contributed by atoms with E-state index in [-0.39, 0.29) is 0 Å². The van der Waals surface area contributed by atoms with Crippen molar-refractivity contribution in [1.82, 2.24) is 5.32 Å². The van der Waals surface area contributed by atoms with E-state index in [1.807, 2.05) is 0 Å². The maximum atomic E-state index is 3.40. The Balaban J connectivity index is 3.36. The molecule has 0 bridgehead atoms. The highest BCUT2D eigenvalue weighted by Gasteiger charge is 1.94. The summed E-state index contributed by atoms with van der Waals surface area (Å²) < 4.78 is 0. The minimum atomic E-state index is 0.792. The summed E-state index contributed by atoms with van der Waals surface area (Å²) in [7, 11) is 0. The van der Waals surface area contributed by atoms with Crippen molar-refractivity contribution >= 4 is 0 Å². The van der Waals surface area contributed by atoms with Gasteiger partial charge >= 0.3 is 0 Å². The fourth-order valence-electron chi connectivity index (χ4n) is 1.45. The van der Waals surface area contributed by atoms with E-state index in [9.17, 15) is 0 Å². The first-order valence-corrected chi connectivity index (χ1v) is 5.53. The molecule has 13 heavy (non-hydrogen) atoms. The average molecular weight is 183 g/mol. The van der Waals surface area contributed by atoms with E-state index in [0.29, 0.717) is 0 Å². The van der Waals surface area contributed by atoms with Crippen molar-refractivity contribution in [2.24, 2.45) is 5.92 Å². The van der Waals surface area contributed by atoms with Crippen LogP contribution < -0.4 is 5.32 Å². The molecule has 78 valence electrons. The van der Waals surface area contributed by atoms with Crippen molar-refractivity contribution in [3.63, 3.8) is 0 Å². The van der Waals surface area contributed by atoms with Crippen LogP contribution in [0.4, 0.5) is 0 Å². The molecular weight excluding hydrogens is 158 g/mol. The molecule has 1 heteroatoms. The molecule has 0 saturated heterocycles. The SMILES string of the molecule is CCCNCCC=C(C)CC(C)C. The zero-order valence-corrected chi connectivity index (χ0v) is 9.69. The third kappa shape index (κ3) is 9.62. The number of hydrogen-bond donors (Lipinski definition) is 1. The van der Waals surface area contributed by atoms with Crippen molar-refractivity contribution in [3.05, 3.63) is 11.6 Å². The predicted molar refractivity (Wildman–Crippen MR) is 61.0 cm³/mol. The van der Waals surface area contributed by atoms with E-state index < -0.39 is 0 Å². The molecule has 1 nitrogen and oxygen atoms in total. The number of allylic oxidation sites excluding steroid dienone is 1. The molecule has 0 amide bonds. The largest absolute Gasteiger partial charge is 0.316 e. The lowest BCUT2D eigenvalue weighted by Gasteiger charge is -2.05. The molecular formula is C12H25N. The molecule has 0 unspecified atom stereocenters. The highest BCUT2D eigenvalue weighted by atomic mass is 14.8. The van der Waals surface area contributed by atoms with E-state index in [1.54, 1.807) is 0 Å². The van der Waals surface area contributed by atoms with Crippen LogP contribution >= 0.6 is 0 Å². The topological polar surface area (TPSA) is 12.0 Å². The van der Waals surface area contributed by atoms with Gasteiger partial charge in [0.25, 0.3) is 0 Å². The van der Waals surface area contributed by atoms with Crippen LogP contribution in [-0.4, -0.2) is 13.1 Å². The van der Waals surface area contributed by atoms with E-state index in [4.69, 9.17) is 0 Å². The quantitative estimate of drug-likeness (QED) is 0.471. The van der Waals surface area contributed by atoms with E-state index >= 15 is 0 Å². The Morgan fingerprint density at radius 2 is 2.00 bits per heavy atom. The summed E-state index contributed by atoms with van der Waals surface area (Å²) in [5.41, 5.74) is 1.54. The molecule has 0 aromatic heterocycles. The van der Waals surface area contributed by atoms with Gasteiger partial charge < -0.3 is 5.32 Å². The fraction of sp³-hybridized carbons (Fsp3) is 0.833. The van der Waals surface area contributed by atoms with Crippen molar-refractivity contribution in [2.75, 3.05) is 13.1 Å². The van der Waals surface area contributed by atoms with Crippen LogP contribution in [0.1, 0.15) is 47.0 Å². The van der Waals surface area contributed by atoms with Gasteiger partial charge in [-0.25, -0.2) is 0 Å². The lowest BCUT2D eigenvalue weighted by molar-refractivity contribution is 0.635. The first kappa shape index (κ1) is 12.7. The van der Waals surface area contributed by atoms with E-state index in [0.717, 1.165) is 19.0 Å². The van der Waals surface area contributed by atoms with Crippen molar-refractivity contribution < 1.29 is 0 Å². The van der Waals surface area contributed by atoms with Crippen LogP contribution in [0.3, 0.4) is 0 Å². The summed E-state index contributed by atoms with van der Waals surface area (Å²) in [6.07, 6.45) is 6.02. The summed E-state index contributed by atoms with van der Waals surface area (Å²) in [4.78, 5) is 0. The zero-order chi connectivity index (χ0) is 10.1. The molecule has 0 atom stereocenters. The Morgan fingerprint density at radius 1 is 1.31 bits per heavy atom. The van der Waals surface area contributed by atoms with Gasteiger partial charge in [-0.15, -0.1) is 0 Å². The monoisotopic (exact) mass is 183 g/mol. The molecule has 0 radical (unpaired) electrons. The molecule has 0 aliphatic heterocycles. The van der Waals surface area contributed by atoms with Gasteiger partial charge in [-0.3, -0.25) is 0 Å². The first-order valence-electron chi connectivity index (χ1n) is 5.53. The van der Waals surface area contributed by atoms with Gasteiger partial charge in [0, 0.05) is 0 Å². The molecule has 0 saturated carbocycles. The summed E-state index contributed by atoms with van der Waals surface area (Å²) in [6, 6.07) is 0. The van der Waals surface area contributed by atoms with Gasteiger partial charge in [0.05, 0.1) is 0 Å². The summed E-state index contributed by atoms with van der Waals surface area (Å²) in [5, 5.41) is 3.40. The van der Waals surface area contributed by atoms with Gasteiger partial charge in [0.1, 0.15) is 0 Å². The van der Waals surface area contributed by atoms with E-state index in [2.05, 4.69) is 39.1 Å². The van der Waals surface area contributed by atoms with Gasteiger partial charge in [-0.2, -0.15) is 0 Å². The van der Waals surface area contributed by atoms with Crippen molar-refractivity contribution in [2.45, 2.75) is 47.0 Å². The van der Waals surface area contributed by atoms with Crippen LogP contribution in [0.5, 0.6) is 0 Å². The molecule has 0 aliphatic rings. The van der Waals surface area contributed by atoms with Gasteiger partial charge in [-0.1, -0.05) is 32.4 Å². The highest BCUT2D eigenvalue weighted by molar-refractivity contribution is 4.98. The van der Waals surface area contributed by atoms with Gasteiger partial charge in [0.2, 0.25) is 0 Å². The summed E-state index contributed by atoms with van der Waals surface area (Å²) >= 11 is 0. The molecule has 0 rings (SSSR count). The Hall–Kier alpha value is -0.300. The van der Waals surface area contributed by atoms with Crippen LogP contribution in [0.15, 0.2) is 11.6 Å². The van der Waals surface area contributed by atoms with Crippen molar-refractivity contribution in [3.8, 4) is 0 Å². The molecule has 1 N–H and O–H groups in total. The molecule has 0 spiro atoms. The minimum Gasteiger partial charge on any atom is -0.316 e. The number of hydrogen-bond acceptors (Lipinski definition) is 1.